The average molecular weight is 572 g/mol. The fraction of sp³-hybridized carbons (Fsp3) is 0.258. The first kappa shape index (κ1) is 28.0. The zero-order chi connectivity index (χ0) is 29.4. The lowest BCUT2D eigenvalue weighted by atomic mass is 9.93. The van der Waals surface area contributed by atoms with Gasteiger partial charge in [-0.25, -0.2) is 9.79 Å². The molecule has 0 saturated carbocycles. The van der Waals surface area contributed by atoms with Gasteiger partial charge in [0.1, 0.15) is 11.5 Å². The SMILES string of the molecule is CCOC(=O)C1=C(C)N=c2s/c(=C\c3ccc(-c4cccc([N+](=O)[O-])c4C)o3)c(=O)n2[C@@H]1c1ccc(C(C)C)cc1. The van der Waals surface area contributed by atoms with Crippen LogP contribution in [0.3, 0.4) is 0 Å². The number of hydrogen-bond donors (Lipinski definition) is 0. The van der Waals surface area contributed by atoms with Gasteiger partial charge >= 0.3 is 5.97 Å². The zero-order valence-electron chi connectivity index (χ0n) is 23.3. The molecule has 2 aromatic heterocycles. The smallest absolute Gasteiger partial charge is 0.338 e. The Morgan fingerprint density at radius 1 is 1.17 bits per heavy atom. The molecule has 5 rings (SSSR count). The van der Waals surface area contributed by atoms with Gasteiger partial charge in [-0.2, -0.15) is 0 Å². The van der Waals surface area contributed by atoms with Crippen LogP contribution in [0.5, 0.6) is 0 Å². The maximum absolute atomic E-state index is 13.9. The molecule has 1 aliphatic heterocycles. The molecule has 2 aromatic carbocycles. The summed E-state index contributed by atoms with van der Waals surface area (Å²) in [5.74, 6) is 0.685. The third-order valence-corrected chi connectivity index (χ3v) is 8.09. The summed E-state index contributed by atoms with van der Waals surface area (Å²) in [6, 6.07) is 15.4. The van der Waals surface area contributed by atoms with Gasteiger partial charge in [-0.05, 0) is 49.9 Å². The highest BCUT2D eigenvalue weighted by Gasteiger charge is 2.33. The number of furan rings is 1. The first-order valence-corrected chi connectivity index (χ1v) is 14.1. The highest BCUT2D eigenvalue weighted by Crippen LogP contribution is 2.33. The Balaban J connectivity index is 1.62. The molecular formula is C31H29N3O6S. The summed E-state index contributed by atoms with van der Waals surface area (Å²) in [5, 5.41) is 11.4. The molecule has 0 aliphatic carbocycles. The van der Waals surface area contributed by atoms with Crippen LogP contribution in [-0.4, -0.2) is 22.1 Å². The Kier molecular flexibility index (Phi) is 7.59. The standard InChI is InChI=1S/C31H29N3O6S/c1-6-39-30(36)27-19(5)32-31-33(28(27)21-12-10-20(11-13-21)17(2)3)29(35)26(41-31)16-22-14-15-25(40-22)23-8-7-9-24(18(23)4)34(37)38/h7-17,28H,6H2,1-5H3/b26-16-/t28-/m1/s1. The van der Waals surface area contributed by atoms with E-state index in [0.29, 0.717) is 49.2 Å². The van der Waals surface area contributed by atoms with Gasteiger partial charge < -0.3 is 9.15 Å². The first-order valence-electron chi connectivity index (χ1n) is 13.2. The fourth-order valence-electron chi connectivity index (χ4n) is 4.96. The van der Waals surface area contributed by atoms with Crippen LogP contribution in [0.4, 0.5) is 5.69 Å². The lowest BCUT2D eigenvalue weighted by Gasteiger charge is -2.25. The summed E-state index contributed by atoms with van der Waals surface area (Å²) in [7, 11) is 0. The fourth-order valence-corrected chi connectivity index (χ4v) is 5.99. The van der Waals surface area contributed by atoms with Crippen molar-refractivity contribution in [2.45, 2.75) is 46.6 Å². The van der Waals surface area contributed by atoms with Crippen LogP contribution in [0.2, 0.25) is 0 Å². The highest BCUT2D eigenvalue weighted by atomic mass is 32.1. The van der Waals surface area contributed by atoms with Crippen molar-refractivity contribution in [3.63, 3.8) is 0 Å². The normalized spacial score (nSPS) is 15.2. The predicted molar refractivity (Wildman–Crippen MR) is 156 cm³/mol. The van der Waals surface area contributed by atoms with E-state index in [4.69, 9.17) is 9.15 Å². The summed E-state index contributed by atoms with van der Waals surface area (Å²) in [6.45, 7) is 9.56. The van der Waals surface area contributed by atoms with Crippen LogP contribution >= 0.6 is 11.3 Å². The largest absolute Gasteiger partial charge is 0.463 e. The Labute approximate surface area is 239 Å². The molecule has 0 fully saturated rings. The molecule has 3 heterocycles. The molecule has 0 spiro atoms. The van der Waals surface area contributed by atoms with E-state index in [9.17, 15) is 19.7 Å². The summed E-state index contributed by atoms with van der Waals surface area (Å²) in [6.07, 6.45) is 1.63. The minimum absolute atomic E-state index is 0.00274. The minimum atomic E-state index is -0.701. The van der Waals surface area contributed by atoms with Crippen molar-refractivity contribution in [2.24, 2.45) is 4.99 Å². The maximum atomic E-state index is 13.9. The number of carbonyl (C=O) groups is 1. The van der Waals surface area contributed by atoms with E-state index in [0.717, 1.165) is 11.1 Å². The van der Waals surface area contributed by atoms with E-state index < -0.39 is 16.9 Å². The molecule has 4 aromatic rings. The van der Waals surface area contributed by atoms with Gasteiger partial charge in [0.05, 0.1) is 33.4 Å². The number of fused-ring (bicyclic) bond motifs is 1. The van der Waals surface area contributed by atoms with E-state index in [2.05, 4.69) is 18.8 Å². The van der Waals surface area contributed by atoms with Gasteiger partial charge in [-0.1, -0.05) is 61.6 Å². The van der Waals surface area contributed by atoms with Crippen molar-refractivity contribution in [3.05, 3.63) is 118 Å². The number of nitro groups is 1. The Morgan fingerprint density at radius 2 is 1.90 bits per heavy atom. The number of ether oxygens (including phenoxy) is 1. The van der Waals surface area contributed by atoms with Crippen molar-refractivity contribution < 1.29 is 18.9 Å². The van der Waals surface area contributed by atoms with Crippen molar-refractivity contribution in [3.8, 4) is 11.3 Å². The maximum Gasteiger partial charge on any atom is 0.338 e. The van der Waals surface area contributed by atoms with Crippen LogP contribution in [-0.2, 0) is 9.53 Å². The van der Waals surface area contributed by atoms with Gasteiger partial charge in [0, 0.05) is 23.3 Å². The number of benzene rings is 2. The minimum Gasteiger partial charge on any atom is -0.463 e. The molecule has 1 aliphatic rings. The zero-order valence-corrected chi connectivity index (χ0v) is 24.2. The molecule has 0 amide bonds. The molecular weight excluding hydrogens is 542 g/mol. The van der Waals surface area contributed by atoms with Gasteiger partial charge in [0.2, 0.25) is 0 Å². The second kappa shape index (κ2) is 11.1. The summed E-state index contributed by atoms with van der Waals surface area (Å²) in [5.41, 5.74) is 3.52. The van der Waals surface area contributed by atoms with Crippen LogP contribution < -0.4 is 14.9 Å². The summed E-state index contributed by atoms with van der Waals surface area (Å²) < 4.78 is 13.3. The van der Waals surface area contributed by atoms with Crippen molar-refractivity contribution >= 4 is 29.1 Å². The van der Waals surface area contributed by atoms with Gasteiger partial charge in [0.15, 0.2) is 4.80 Å². The van der Waals surface area contributed by atoms with Crippen LogP contribution in [0.25, 0.3) is 17.4 Å². The third kappa shape index (κ3) is 5.18. The highest BCUT2D eigenvalue weighted by molar-refractivity contribution is 7.07. The summed E-state index contributed by atoms with van der Waals surface area (Å²) in [4.78, 5) is 43.0. The Morgan fingerprint density at radius 3 is 2.56 bits per heavy atom. The predicted octanol–water partition coefficient (Wildman–Crippen LogP) is 5.40. The monoisotopic (exact) mass is 571 g/mol. The van der Waals surface area contributed by atoms with Crippen molar-refractivity contribution in [2.75, 3.05) is 6.61 Å². The number of hydrogen-bond acceptors (Lipinski definition) is 8. The van der Waals surface area contributed by atoms with Crippen LogP contribution in [0.1, 0.15) is 62.1 Å². The number of carbonyl (C=O) groups excluding carboxylic acids is 1. The molecule has 0 saturated heterocycles. The molecule has 9 nitrogen and oxygen atoms in total. The van der Waals surface area contributed by atoms with Gasteiger partial charge in [-0.15, -0.1) is 0 Å². The second-order valence-electron chi connectivity index (χ2n) is 10.0. The number of nitro benzene ring substituents is 1. The van der Waals surface area contributed by atoms with E-state index in [1.807, 2.05) is 24.3 Å². The topological polar surface area (TPSA) is 117 Å². The average Bonchev–Trinajstić information content (AvgIpc) is 3.52. The lowest BCUT2D eigenvalue weighted by molar-refractivity contribution is -0.385. The van der Waals surface area contributed by atoms with Crippen molar-refractivity contribution in [1.82, 2.24) is 4.57 Å². The molecule has 10 heteroatoms. The van der Waals surface area contributed by atoms with Gasteiger partial charge in [-0.3, -0.25) is 19.5 Å². The number of rotatable bonds is 7. The number of aromatic nitrogens is 1. The first-order chi connectivity index (χ1) is 19.6. The number of nitrogens with zero attached hydrogens (tertiary/aromatic N) is 3. The molecule has 210 valence electrons. The third-order valence-electron chi connectivity index (χ3n) is 7.10. The quantitative estimate of drug-likeness (QED) is 0.167. The van der Waals surface area contributed by atoms with Gasteiger partial charge in [0.25, 0.3) is 11.2 Å². The Bertz CT molecular complexity index is 1880. The molecule has 0 unspecified atom stereocenters. The molecule has 1 atom stereocenters. The van der Waals surface area contributed by atoms with E-state index >= 15 is 0 Å². The second-order valence-corrected chi connectivity index (χ2v) is 11.0. The molecule has 0 N–H and O–H groups in total. The molecule has 0 radical (unpaired) electrons. The van der Waals surface area contributed by atoms with E-state index in [-0.39, 0.29) is 17.9 Å². The number of esters is 1. The van der Waals surface area contributed by atoms with Crippen LogP contribution in [0.15, 0.2) is 80.1 Å². The lowest BCUT2D eigenvalue weighted by Crippen LogP contribution is -2.39. The molecule has 41 heavy (non-hydrogen) atoms. The number of allylic oxidation sites excluding steroid dienone is 1. The summed E-state index contributed by atoms with van der Waals surface area (Å²) >= 11 is 1.20. The van der Waals surface area contributed by atoms with E-state index in [1.165, 1.54) is 22.0 Å². The molecule has 0 bridgehead atoms. The number of thiazole rings is 1. The Hall–Kier alpha value is -4.57. The van der Waals surface area contributed by atoms with Crippen LogP contribution in [0, 0.1) is 17.0 Å². The van der Waals surface area contributed by atoms with E-state index in [1.54, 1.807) is 51.1 Å². The van der Waals surface area contributed by atoms with Crippen molar-refractivity contribution in [1.29, 1.82) is 0 Å².